The molecule has 2 amide bonds. The Morgan fingerprint density at radius 3 is 1.36 bits per heavy atom. The van der Waals surface area contributed by atoms with Gasteiger partial charge in [0.05, 0.1) is 0 Å². The minimum absolute atomic E-state index is 0.329. The second kappa shape index (κ2) is 4.34. The molecule has 1 N–H and O–H groups in total. The van der Waals surface area contributed by atoms with E-state index in [1.165, 1.54) is 12.2 Å². The van der Waals surface area contributed by atoms with E-state index in [1.807, 2.05) is 5.32 Å². The van der Waals surface area contributed by atoms with Crippen molar-refractivity contribution < 1.29 is 22.2 Å². The molecule has 0 atom stereocenters. The van der Waals surface area contributed by atoms with Crippen LogP contribution < -0.4 is 5.32 Å². The Balaban J connectivity index is 0.000000218. The summed E-state index contributed by atoms with van der Waals surface area (Å²) in [4.78, 5) is 20.1. The largest absolute Gasteiger partial charge is 0.425 e. The molecule has 11 heavy (non-hydrogen) atoms. The molecule has 0 saturated carbocycles. The van der Waals surface area contributed by atoms with Gasteiger partial charge in [0.1, 0.15) is 0 Å². The summed E-state index contributed by atoms with van der Waals surface area (Å²) in [6, 6.07) is 0. The van der Waals surface area contributed by atoms with Crippen LogP contribution in [0.2, 0.25) is 0 Å². The number of hydrogen-bond donors (Lipinski definition) is 1. The second-order valence-corrected chi connectivity index (χ2v) is 1.80. The van der Waals surface area contributed by atoms with Crippen molar-refractivity contribution in [1.29, 1.82) is 0 Å². The van der Waals surface area contributed by atoms with Gasteiger partial charge in [0, 0.05) is 12.2 Å². The van der Waals surface area contributed by atoms with E-state index in [1.54, 1.807) is 0 Å². The van der Waals surface area contributed by atoms with Crippen LogP contribution in [-0.2, 0) is 20.2 Å². The predicted octanol–water partition coefficient (Wildman–Crippen LogP) is -1.81. The highest BCUT2D eigenvalue weighted by atomic mass is 32.2. The van der Waals surface area contributed by atoms with Crippen LogP contribution in [0.5, 0.6) is 0 Å². The normalized spacial score (nSPS) is 13.5. The van der Waals surface area contributed by atoms with E-state index in [2.05, 4.69) is 0 Å². The van der Waals surface area contributed by atoms with Gasteiger partial charge in [0.25, 0.3) is 11.8 Å². The molecule has 0 bridgehead atoms. The lowest BCUT2D eigenvalue weighted by Gasteiger charge is -1.80. The fourth-order valence-electron chi connectivity index (χ4n) is 0.356. The number of carbonyl (C=O) groups is 2. The van der Waals surface area contributed by atoms with Crippen molar-refractivity contribution in [3.8, 4) is 0 Å². The summed E-state index contributed by atoms with van der Waals surface area (Å²) in [5.41, 5.74) is 0. The lowest BCUT2D eigenvalue weighted by Crippen LogP contribution is -2.19. The molecular weight excluding hydrogens is 174 g/mol. The molecule has 1 heterocycles. The van der Waals surface area contributed by atoms with Crippen LogP contribution in [0, 0.1) is 0 Å². The SMILES string of the molecule is O=C1C=CC(=O)N1.O=S(=O)=O. The smallest absolute Gasteiger partial charge is 0.289 e. The number of amides is 2. The van der Waals surface area contributed by atoms with Gasteiger partial charge in [-0.05, 0) is 0 Å². The molecule has 0 aromatic carbocycles. The monoisotopic (exact) mass is 177 g/mol. The Morgan fingerprint density at radius 2 is 1.27 bits per heavy atom. The molecule has 1 rings (SSSR count). The van der Waals surface area contributed by atoms with E-state index in [4.69, 9.17) is 12.6 Å². The minimum atomic E-state index is -3.11. The van der Waals surface area contributed by atoms with E-state index >= 15 is 0 Å². The number of carbonyl (C=O) groups excluding carboxylic acids is 2. The molecule has 0 fully saturated rings. The summed E-state index contributed by atoms with van der Waals surface area (Å²) >= 11 is 0. The Hall–Kier alpha value is -1.50. The quantitative estimate of drug-likeness (QED) is 0.440. The van der Waals surface area contributed by atoms with Crippen molar-refractivity contribution in [3.05, 3.63) is 12.2 Å². The van der Waals surface area contributed by atoms with Gasteiger partial charge < -0.3 is 0 Å². The maximum atomic E-state index is 10.0. The Bertz CT molecular complexity index is 276. The third kappa shape index (κ3) is 6.38. The molecule has 0 aromatic rings. The maximum Gasteiger partial charge on any atom is 0.425 e. The standard InChI is InChI=1S/C4H3NO2.O3S/c6-3-1-2-4(7)5-3;1-4(2)3/h1-2H,(H,5,6,7);. The number of rotatable bonds is 0. The lowest BCUT2D eigenvalue weighted by molar-refractivity contribution is -0.123. The summed E-state index contributed by atoms with van der Waals surface area (Å²) in [6.45, 7) is 0. The summed E-state index contributed by atoms with van der Waals surface area (Å²) in [7, 11) is -3.11. The van der Waals surface area contributed by atoms with Gasteiger partial charge in [-0.15, -0.1) is 12.6 Å². The van der Waals surface area contributed by atoms with Gasteiger partial charge >= 0.3 is 10.6 Å². The van der Waals surface area contributed by atoms with Gasteiger partial charge in [-0.1, -0.05) is 0 Å². The Kier molecular flexibility index (Phi) is 3.75. The van der Waals surface area contributed by atoms with Crippen LogP contribution in [0.1, 0.15) is 0 Å². The van der Waals surface area contributed by atoms with E-state index in [0.29, 0.717) is 0 Å². The van der Waals surface area contributed by atoms with E-state index in [0.717, 1.165) is 0 Å². The first-order valence-corrected chi connectivity index (χ1v) is 3.32. The molecule has 1 aliphatic rings. The van der Waals surface area contributed by atoms with Crippen LogP contribution in [0.3, 0.4) is 0 Å². The van der Waals surface area contributed by atoms with Crippen molar-refractivity contribution in [2.45, 2.75) is 0 Å². The zero-order chi connectivity index (χ0) is 8.85. The summed E-state index contributed by atoms with van der Waals surface area (Å²) in [6.07, 6.45) is 2.39. The predicted molar refractivity (Wildman–Crippen MR) is 32.0 cm³/mol. The molecule has 0 saturated heterocycles. The van der Waals surface area contributed by atoms with Crippen LogP contribution >= 0.6 is 0 Å². The van der Waals surface area contributed by atoms with Crippen LogP contribution in [-0.4, -0.2) is 24.4 Å². The van der Waals surface area contributed by atoms with Crippen LogP contribution in [0.4, 0.5) is 0 Å². The van der Waals surface area contributed by atoms with E-state index in [9.17, 15) is 9.59 Å². The summed E-state index contributed by atoms with van der Waals surface area (Å²) < 4.78 is 25.3. The van der Waals surface area contributed by atoms with Crippen molar-refractivity contribution in [2.24, 2.45) is 0 Å². The Labute approximate surface area is 63.0 Å². The van der Waals surface area contributed by atoms with Crippen LogP contribution in [0.25, 0.3) is 0 Å². The van der Waals surface area contributed by atoms with Crippen LogP contribution in [0.15, 0.2) is 12.2 Å². The van der Waals surface area contributed by atoms with Crippen molar-refractivity contribution >= 4 is 22.4 Å². The summed E-state index contributed by atoms with van der Waals surface area (Å²) in [5.74, 6) is -0.657. The zero-order valence-electron chi connectivity index (χ0n) is 5.10. The zero-order valence-corrected chi connectivity index (χ0v) is 5.92. The average molecular weight is 177 g/mol. The highest BCUT2D eigenvalue weighted by Crippen LogP contribution is 1.82. The molecule has 0 aliphatic carbocycles. The topological polar surface area (TPSA) is 97.4 Å². The second-order valence-electron chi connectivity index (χ2n) is 1.39. The molecule has 6 nitrogen and oxygen atoms in total. The highest BCUT2D eigenvalue weighted by molar-refractivity contribution is 7.59. The first-order valence-electron chi connectivity index (χ1n) is 2.32. The molecule has 0 unspecified atom stereocenters. The molecule has 1 aliphatic heterocycles. The first-order chi connectivity index (χ1) is 5.02. The van der Waals surface area contributed by atoms with Crippen molar-refractivity contribution in [2.75, 3.05) is 0 Å². The third-order valence-electron chi connectivity index (χ3n) is 0.632. The van der Waals surface area contributed by atoms with Gasteiger partial charge in [0.15, 0.2) is 0 Å². The molecular formula is C4H3NO5S. The van der Waals surface area contributed by atoms with Crippen molar-refractivity contribution in [3.63, 3.8) is 0 Å². The van der Waals surface area contributed by atoms with Gasteiger partial charge in [-0.3, -0.25) is 14.9 Å². The number of imide groups is 1. The van der Waals surface area contributed by atoms with Crippen molar-refractivity contribution in [1.82, 2.24) is 5.32 Å². The van der Waals surface area contributed by atoms with E-state index < -0.39 is 10.6 Å². The fraction of sp³-hybridized carbons (Fsp3) is 0. The molecule has 0 radical (unpaired) electrons. The van der Waals surface area contributed by atoms with Gasteiger partial charge in [-0.25, -0.2) is 0 Å². The Morgan fingerprint density at radius 1 is 1.00 bits per heavy atom. The average Bonchev–Trinajstić information content (AvgIpc) is 2.13. The molecule has 0 spiro atoms. The van der Waals surface area contributed by atoms with Gasteiger partial charge in [0.2, 0.25) is 0 Å². The summed E-state index contributed by atoms with van der Waals surface area (Å²) in [5, 5.41) is 2.03. The first kappa shape index (κ1) is 9.50. The fourth-order valence-corrected chi connectivity index (χ4v) is 0.356. The number of nitrogens with one attached hydrogen (secondary N) is 1. The van der Waals surface area contributed by atoms with E-state index in [-0.39, 0.29) is 11.8 Å². The number of hydrogen-bond acceptors (Lipinski definition) is 5. The molecule has 7 heteroatoms. The molecule has 0 aromatic heterocycles. The lowest BCUT2D eigenvalue weighted by atomic mass is 10.6. The van der Waals surface area contributed by atoms with Gasteiger partial charge in [-0.2, -0.15) is 0 Å². The highest BCUT2D eigenvalue weighted by Gasteiger charge is 2.06. The maximum absolute atomic E-state index is 10.0. The third-order valence-corrected chi connectivity index (χ3v) is 0.632. The molecule has 60 valence electrons. The minimum Gasteiger partial charge on any atom is -0.289 e.